The number of carbonyl (C=O) groups is 2. The first-order chi connectivity index (χ1) is 7.34. The van der Waals surface area contributed by atoms with Crippen LogP contribution in [0.15, 0.2) is 0 Å². The summed E-state index contributed by atoms with van der Waals surface area (Å²) in [4.78, 5) is 20.1. The second kappa shape index (κ2) is 10.3. The molecular weight excluding hydrogens is 220 g/mol. The van der Waals surface area contributed by atoms with E-state index in [0.717, 1.165) is 0 Å². The van der Waals surface area contributed by atoms with Crippen molar-refractivity contribution >= 4 is 11.9 Å². The van der Waals surface area contributed by atoms with Crippen molar-refractivity contribution < 1.29 is 30.0 Å². The molecule has 0 aliphatic carbocycles. The zero-order valence-corrected chi connectivity index (χ0v) is 8.74. The van der Waals surface area contributed by atoms with Crippen LogP contribution in [0.5, 0.6) is 0 Å². The van der Waals surface area contributed by atoms with E-state index in [-0.39, 0.29) is 26.1 Å². The normalized spacial score (nSPS) is 11.6. The fraction of sp³-hybridized carbons (Fsp3) is 0.750. The Kier molecular flexibility index (Phi) is 11.1. The molecule has 8 N–H and O–H groups in total. The van der Waals surface area contributed by atoms with Crippen LogP contribution in [0.2, 0.25) is 0 Å². The van der Waals surface area contributed by atoms with Gasteiger partial charge in [0.05, 0.1) is 13.2 Å². The first-order valence-corrected chi connectivity index (χ1v) is 4.51. The first-order valence-electron chi connectivity index (χ1n) is 4.51. The summed E-state index contributed by atoms with van der Waals surface area (Å²) >= 11 is 0. The number of carboxylic acids is 1. The molecule has 1 atom stereocenters. The molecule has 0 radical (unpaired) electrons. The van der Waals surface area contributed by atoms with E-state index in [9.17, 15) is 9.59 Å². The maximum absolute atomic E-state index is 10.1. The Balaban J connectivity index is 0. The number of hydrogen-bond donors (Lipinski definition) is 6. The van der Waals surface area contributed by atoms with Gasteiger partial charge in [0.15, 0.2) is 0 Å². The summed E-state index contributed by atoms with van der Waals surface area (Å²) in [5.41, 5.74) is 9.81. The summed E-state index contributed by atoms with van der Waals surface area (Å²) in [5.74, 6) is -1.64. The van der Waals surface area contributed by atoms with E-state index >= 15 is 0 Å². The molecule has 8 nitrogen and oxygen atoms in total. The number of hydrogen-bond acceptors (Lipinski definition) is 6. The van der Waals surface area contributed by atoms with Crippen LogP contribution >= 0.6 is 0 Å². The molecule has 0 saturated heterocycles. The SMILES string of the molecule is NC(=O)CC[C@H](N)C(=O)O.OCC(O)CO. The minimum Gasteiger partial charge on any atom is -0.480 e. The van der Waals surface area contributed by atoms with Crippen molar-refractivity contribution in [1.29, 1.82) is 0 Å². The third-order valence-corrected chi connectivity index (χ3v) is 1.44. The molecule has 96 valence electrons. The molecule has 0 fully saturated rings. The van der Waals surface area contributed by atoms with Crippen LogP contribution in [0.3, 0.4) is 0 Å². The van der Waals surface area contributed by atoms with E-state index in [2.05, 4.69) is 0 Å². The number of aliphatic hydroxyl groups excluding tert-OH is 3. The van der Waals surface area contributed by atoms with E-state index in [1.807, 2.05) is 0 Å². The molecule has 0 heterocycles. The lowest BCUT2D eigenvalue weighted by Crippen LogP contribution is -2.31. The van der Waals surface area contributed by atoms with Gasteiger partial charge in [-0.15, -0.1) is 0 Å². The molecule has 8 heteroatoms. The fourth-order valence-corrected chi connectivity index (χ4v) is 0.479. The Morgan fingerprint density at radius 2 is 1.62 bits per heavy atom. The van der Waals surface area contributed by atoms with Gasteiger partial charge in [0.1, 0.15) is 12.1 Å². The average Bonchev–Trinajstić information content (AvgIpc) is 2.25. The van der Waals surface area contributed by atoms with Crippen LogP contribution in [-0.4, -0.2) is 57.7 Å². The molecule has 0 aromatic carbocycles. The largest absolute Gasteiger partial charge is 0.480 e. The highest BCUT2D eigenvalue weighted by molar-refractivity contribution is 5.76. The Bertz CT molecular complexity index is 207. The second-order valence-electron chi connectivity index (χ2n) is 2.97. The minimum absolute atomic E-state index is 0.0213. The lowest BCUT2D eigenvalue weighted by molar-refractivity contribution is -0.138. The van der Waals surface area contributed by atoms with E-state index in [1.54, 1.807) is 0 Å². The lowest BCUT2D eigenvalue weighted by atomic mass is 10.2. The van der Waals surface area contributed by atoms with Crippen molar-refractivity contribution in [2.75, 3.05) is 13.2 Å². The Labute approximate surface area is 92.5 Å². The number of nitrogens with two attached hydrogens (primary N) is 2. The molecule has 0 spiro atoms. The number of carbonyl (C=O) groups excluding carboxylic acids is 1. The topological polar surface area (TPSA) is 167 Å². The van der Waals surface area contributed by atoms with Crippen molar-refractivity contribution in [1.82, 2.24) is 0 Å². The van der Waals surface area contributed by atoms with Gasteiger partial charge in [-0.05, 0) is 6.42 Å². The third-order valence-electron chi connectivity index (χ3n) is 1.44. The third kappa shape index (κ3) is 12.8. The van der Waals surface area contributed by atoms with Gasteiger partial charge in [-0.2, -0.15) is 0 Å². The maximum atomic E-state index is 10.1. The molecule has 1 amide bonds. The van der Waals surface area contributed by atoms with Crippen LogP contribution in [0.4, 0.5) is 0 Å². The Hall–Kier alpha value is -1.22. The van der Waals surface area contributed by atoms with Gasteiger partial charge in [-0.25, -0.2) is 0 Å². The van der Waals surface area contributed by atoms with Crippen LogP contribution in [0.25, 0.3) is 0 Å². The quantitative estimate of drug-likeness (QED) is 0.286. The van der Waals surface area contributed by atoms with Gasteiger partial charge in [0.2, 0.25) is 5.91 Å². The molecule has 16 heavy (non-hydrogen) atoms. The van der Waals surface area contributed by atoms with Gasteiger partial charge in [-0.3, -0.25) is 9.59 Å². The van der Waals surface area contributed by atoms with Crippen molar-refractivity contribution in [3.8, 4) is 0 Å². The average molecular weight is 238 g/mol. The monoisotopic (exact) mass is 238 g/mol. The summed E-state index contributed by atoms with van der Waals surface area (Å²) in [5, 5.41) is 32.2. The Morgan fingerprint density at radius 3 is 1.81 bits per heavy atom. The summed E-state index contributed by atoms with van der Waals surface area (Å²) in [7, 11) is 0. The van der Waals surface area contributed by atoms with E-state index in [4.69, 9.17) is 31.9 Å². The number of aliphatic carboxylic acids is 1. The first kappa shape index (κ1) is 17.2. The highest BCUT2D eigenvalue weighted by Gasteiger charge is 2.11. The molecule has 0 aliphatic heterocycles. The van der Waals surface area contributed by atoms with Crippen molar-refractivity contribution in [2.24, 2.45) is 11.5 Å². The van der Waals surface area contributed by atoms with E-state index in [0.29, 0.717) is 0 Å². The number of rotatable bonds is 6. The van der Waals surface area contributed by atoms with Crippen LogP contribution < -0.4 is 11.5 Å². The molecule has 0 aliphatic rings. The van der Waals surface area contributed by atoms with Gasteiger partial charge in [0.25, 0.3) is 0 Å². The predicted molar refractivity (Wildman–Crippen MR) is 54.2 cm³/mol. The number of carboxylic acid groups (broad SMARTS) is 1. The number of primary amides is 1. The van der Waals surface area contributed by atoms with Crippen molar-refractivity contribution in [3.05, 3.63) is 0 Å². The van der Waals surface area contributed by atoms with Gasteiger partial charge < -0.3 is 31.9 Å². The predicted octanol–water partition coefficient (Wildman–Crippen LogP) is -3.00. The zero-order valence-electron chi connectivity index (χ0n) is 8.74. The maximum Gasteiger partial charge on any atom is 0.320 e. The van der Waals surface area contributed by atoms with Crippen molar-refractivity contribution in [2.45, 2.75) is 25.0 Å². The zero-order chi connectivity index (χ0) is 13.1. The van der Waals surface area contributed by atoms with Gasteiger partial charge in [-0.1, -0.05) is 0 Å². The van der Waals surface area contributed by atoms with Crippen molar-refractivity contribution in [3.63, 3.8) is 0 Å². The highest BCUT2D eigenvalue weighted by Crippen LogP contribution is 1.92. The van der Waals surface area contributed by atoms with E-state index in [1.165, 1.54) is 0 Å². The highest BCUT2D eigenvalue weighted by atomic mass is 16.4. The summed E-state index contributed by atoms with van der Waals surface area (Å²) in [6.45, 7) is -0.729. The molecule has 0 saturated carbocycles. The van der Waals surface area contributed by atoms with Crippen LogP contribution in [-0.2, 0) is 9.59 Å². The Morgan fingerprint density at radius 1 is 1.19 bits per heavy atom. The van der Waals surface area contributed by atoms with Crippen LogP contribution in [0, 0.1) is 0 Å². The van der Waals surface area contributed by atoms with Gasteiger partial charge >= 0.3 is 5.97 Å². The summed E-state index contributed by atoms with van der Waals surface area (Å²) < 4.78 is 0. The summed E-state index contributed by atoms with van der Waals surface area (Å²) in [6.07, 6.45) is -0.831. The molecule has 0 aromatic rings. The smallest absolute Gasteiger partial charge is 0.320 e. The number of amides is 1. The number of aliphatic hydroxyl groups is 3. The van der Waals surface area contributed by atoms with Gasteiger partial charge in [0, 0.05) is 6.42 Å². The fourth-order valence-electron chi connectivity index (χ4n) is 0.479. The molecule has 0 aromatic heterocycles. The van der Waals surface area contributed by atoms with E-state index < -0.39 is 24.0 Å². The minimum atomic E-state index is -1.11. The molecule has 0 rings (SSSR count). The lowest BCUT2D eigenvalue weighted by Gasteiger charge is -2.01. The molecule has 0 bridgehead atoms. The standard InChI is InChI=1S/C5H10N2O3.C3H8O3/c6-3(5(9)10)1-2-4(7)8;4-1-3(6)2-5/h3H,1-2,6H2,(H2,7,8)(H,9,10);3-6H,1-2H2/t3-;/m0./s1. The molecule has 0 unspecified atom stereocenters. The summed E-state index contributed by atoms with van der Waals surface area (Å²) in [6, 6.07) is -0.979. The second-order valence-corrected chi connectivity index (χ2v) is 2.97. The van der Waals surface area contributed by atoms with Crippen LogP contribution in [0.1, 0.15) is 12.8 Å². The molecular formula is C8H18N2O6.